The first-order chi connectivity index (χ1) is 14.9. The van der Waals surface area contributed by atoms with E-state index in [9.17, 15) is 37.9 Å². The second-order valence-electron chi connectivity index (χ2n) is 5.75. The van der Waals surface area contributed by atoms with Crippen LogP contribution in [0.4, 0.5) is 19.2 Å². The summed E-state index contributed by atoms with van der Waals surface area (Å²) in [6.07, 6.45) is 3.80. The van der Waals surface area contributed by atoms with Gasteiger partial charge in [0.25, 0.3) is 19.4 Å². The van der Waals surface area contributed by atoms with Crippen LogP contribution in [0.15, 0.2) is 0 Å². The molecule has 0 aliphatic heterocycles. The zero-order chi connectivity index (χ0) is 24.9. The number of thioether (sulfide) groups is 4. The van der Waals surface area contributed by atoms with Crippen molar-refractivity contribution in [1.29, 1.82) is 0 Å². The van der Waals surface area contributed by atoms with Gasteiger partial charge >= 0.3 is 11.9 Å². The highest BCUT2D eigenvalue weighted by Gasteiger charge is 2.40. The molecule has 0 aliphatic carbocycles. The van der Waals surface area contributed by atoms with Gasteiger partial charge in [-0.1, -0.05) is 47.0 Å². The maximum absolute atomic E-state index is 12.6. The molecule has 0 rings (SSSR count). The molecule has 32 heavy (non-hydrogen) atoms. The van der Waals surface area contributed by atoms with Crippen molar-refractivity contribution in [1.82, 2.24) is 0 Å². The Morgan fingerprint density at radius 2 is 0.812 bits per heavy atom. The number of hydrogen-bond donors (Lipinski definition) is 0. The Labute approximate surface area is 202 Å². The van der Waals surface area contributed by atoms with Crippen LogP contribution < -0.4 is 0 Å². The molecule has 0 atom stereocenters. The predicted molar refractivity (Wildman–Crippen MR) is 132 cm³/mol. The molecule has 0 aromatic heterocycles. The third-order valence-electron chi connectivity index (χ3n) is 3.75. The van der Waals surface area contributed by atoms with Crippen LogP contribution >= 0.6 is 61.3 Å². The van der Waals surface area contributed by atoms with Crippen molar-refractivity contribution in [2.45, 2.75) is 12.8 Å². The van der Waals surface area contributed by atoms with E-state index < -0.39 is 70.8 Å². The Balaban J connectivity index is 4.52. The zero-order valence-corrected chi connectivity index (χ0v) is 22.9. The number of rotatable bonds is 13. The van der Waals surface area contributed by atoms with E-state index in [2.05, 4.69) is 0 Å². The van der Waals surface area contributed by atoms with Crippen LogP contribution in [0.5, 0.6) is 0 Å². The fourth-order valence-electron chi connectivity index (χ4n) is 2.06. The van der Waals surface area contributed by atoms with Gasteiger partial charge in [0.1, 0.15) is 13.2 Å². The number of ether oxygens (including phenoxy) is 2. The highest BCUT2D eigenvalue weighted by Crippen LogP contribution is 2.56. The molecule has 0 saturated carbocycles. The van der Waals surface area contributed by atoms with Gasteiger partial charge in [-0.15, -0.1) is 0 Å². The molecule has 0 bridgehead atoms. The Morgan fingerprint density at radius 3 is 1.03 bits per heavy atom. The third kappa shape index (κ3) is 9.38. The maximum Gasteiger partial charge on any atom is 0.306 e. The van der Waals surface area contributed by atoms with Crippen LogP contribution in [0.3, 0.4) is 0 Å². The summed E-state index contributed by atoms with van der Waals surface area (Å²) in [5, 5.41) is 0. The Bertz CT molecular complexity index is 737. The molecule has 0 N–H and O–H groups in total. The highest BCUT2D eigenvalue weighted by molar-refractivity contribution is 8.39. The molecule has 16 heteroatoms. The van der Waals surface area contributed by atoms with Crippen molar-refractivity contribution in [2.24, 2.45) is 0 Å². The third-order valence-corrected chi connectivity index (χ3v) is 14.9. The lowest BCUT2D eigenvalue weighted by atomic mass is 10.5. The van der Waals surface area contributed by atoms with Gasteiger partial charge in [-0.3, -0.25) is 28.8 Å². The van der Waals surface area contributed by atoms with E-state index in [-0.39, 0.29) is 13.2 Å². The van der Waals surface area contributed by atoms with Crippen LogP contribution in [-0.2, 0) is 28.2 Å². The number of carbonyl (C=O) groups is 6. The molecule has 0 unspecified atom stereocenters. The van der Waals surface area contributed by atoms with Gasteiger partial charge in [0.05, 0.1) is 12.8 Å². The Morgan fingerprint density at radius 1 is 0.562 bits per heavy atom. The van der Waals surface area contributed by atoms with E-state index >= 15 is 0 Å². The van der Waals surface area contributed by atoms with E-state index in [0.717, 1.165) is 0 Å². The lowest BCUT2D eigenvalue weighted by Crippen LogP contribution is -2.17. The monoisotopic (exact) mass is 566 g/mol. The normalized spacial score (nSPS) is 11.5. The summed E-state index contributed by atoms with van der Waals surface area (Å²) in [5.74, 6) is -1.66. The summed E-state index contributed by atoms with van der Waals surface area (Å²) in [6.45, 7) is -0.681. The van der Waals surface area contributed by atoms with Gasteiger partial charge in [0.2, 0.25) is 14.3 Å². The van der Waals surface area contributed by atoms with Gasteiger partial charge in [0.15, 0.2) is 0 Å². The summed E-state index contributed by atoms with van der Waals surface area (Å²) in [6, 6.07) is 0. The highest BCUT2D eigenvalue weighted by atomic mass is 32.2. The van der Waals surface area contributed by atoms with Crippen molar-refractivity contribution < 1.29 is 47.4 Å². The van der Waals surface area contributed by atoms with Gasteiger partial charge < -0.3 is 18.6 Å². The molecule has 0 aromatic carbocycles. The van der Waals surface area contributed by atoms with Gasteiger partial charge in [-0.2, -0.15) is 0 Å². The lowest BCUT2D eigenvalue weighted by molar-refractivity contribution is -0.151. The summed E-state index contributed by atoms with van der Waals surface area (Å²) in [5.41, 5.74) is 0. The van der Waals surface area contributed by atoms with Crippen LogP contribution in [0.2, 0.25) is 0 Å². The molecule has 10 nitrogen and oxygen atoms in total. The molecule has 0 spiro atoms. The second kappa shape index (κ2) is 15.4. The average molecular weight is 567 g/mol. The summed E-state index contributed by atoms with van der Waals surface area (Å²) >= 11 is 2.61. The molecule has 0 heterocycles. The molecular weight excluding hydrogens is 542 g/mol. The van der Waals surface area contributed by atoms with E-state index in [1.165, 1.54) is 25.0 Å². The minimum absolute atomic E-state index is 0.340. The van der Waals surface area contributed by atoms with E-state index in [1.807, 2.05) is 0 Å². The first kappa shape index (κ1) is 31.5. The SMILES string of the molecule is CSC(=O)P(=O)(CCC(=O)OCCOC(=O)CCP(=O)(C(=O)SC)C(=O)SC)C(=O)SC. The lowest BCUT2D eigenvalue weighted by Gasteiger charge is -2.13. The molecule has 0 aliphatic rings. The number of hydrogen-bond acceptors (Lipinski definition) is 14. The van der Waals surface area contributed by atoms with E-state index in [1.54, 1.807) is 0 Å². The zero-order valence-electron chi connectivity index (χ0n) is 17.9. The maximum atomic E-state index is 12.6. The first-order valence-electron chi connectivity index (χ1n) is 8.76. The van der Waals surface area contributed by atoms with Gasteiger partial charge in [-0.05, 0) is 25.0 Å². The second-order valence-corrected chi connectivity index (χ2v) is 15.6. The molecular formula is C16H24O10P2S4. The number of esters is 2. The summed E-state index contributed by atoms with van der Waals surface area (Å²) in [4.78, 5) is 67.8. The predicted octanol–water partition coefficient (Wildman–Crippen LogP) is 5.51. The van der Waals surface area contributed by atoms with Crippen molar-refractivity contribution in [3.8, 4) is 0 Å². The smallest absolute Gasteiger partial charge is 0.306 e. The van der Waals surface area contributed by atoms with Crippen LogP contribution in [0, 0.1) is 0 Å². The standard InChI is InChI=1S/C16H24O10P2S4/c1-29-13(19)27(23,14(20)30-2)9-5-11(17)25-7-8-26-12(18)6-10-28(24,15(21)31-3)16(22)32-4/h5-10H2,1-4H3. The van der Waals surface area contributed by atoms with Crippen molar-refractivity contribution in [3.63, 3.8) is 0 Å². The minimum Gasteiger partial charge on any atom is -0.462 e. The largest absolute Gasteiger partial charge is 0.462 e. The Hall–Kier alpha value is -0.520. The van der Waals surface area contributed by atoms with Crippen LogP contribution in [0.1, 0.15) is 12.8 Å². The van der Waals surface area contributed by atoms with E-state index in [4.69, 9.17) is 9.47 Å². The number of carbonyl (C=O) groups excluding carboxylic acids is 6. The topological polar surface area (TPSA) is 155 Å². The molecule has 0 radical (unpaired) electrons. The average Bonchev–Trinajstić information content (AvgIpc) is 2.80. The Kier molecular flexibility index (Phi) is 15.1. The molecule has 0 fully saturated rings. The minimum atomic E-state index is -3.88. The molecule has 0 amide bonds. The van der Waals surface area contributed by atoms with Crippen LogP contribution in [-0.4, -0.2) is 81.9 Å². The van der Waals surface area contributed by atoms with Gasteiger partial charge in [0, 0.05) is 12.3 Å². The molecule has 0 aromatic rings. The fourth-order valence-corrected chi connectivity index (χ4v) is 11.2. The molecule has 182 valence electrons. The van der Waals surface area contributed by atoms with Crippen molar-refractivity contribution >= 4 is 92.7 Å². The van der Waals surface area contributed by atoms with Crippen molar-refractivity contribution in [2.75, 3.05) is 50.6 Å². The first-order valence-corrected chi connectivity index (χ1v) is 17.4. The van der Waals surface area contributed by atoms with E-state index in [0.29, 0.717) is 47.0 Å². The summed E-state index contributed by atoms with van der Waals surface area (Å²) in [7, 11) is -7.76. The molecule has 0 saturated heterocycles. The summed E-state index contributed by atoms with van der Waals surface area (Å²) < 4.78 is 34.9. The fraction of sp³-hybridized carbons (Fsp3) is 0.625. The van der Waals surface area contributed by atoms with Crippen molar-refractivity contribution in [3.05, 3.63) is 0 Å². The quantitative estimate of drug-likeness (QED) is 0.156. The van der Waals surface area contributed by atoms with Crippen LogP contribution in [0.25, 0.3) is 0 Å². The van der Waals surface area contributed by atoms with Gasteiger partial charge in [-0.25, -0.2) is 0 Å².